The predicted octanol–water partition coefficient (Wildman–Crippen LogP) is 2.30. The molecule has 0 aliphatic carbocycles. The Morgan fingerprint density at radius 1 is 1.08 bits per heavy atom. The van der Waals surface area contributed by atoms with E-state index in [1.807, 2.05) is 42.6 Å². The predicted molar refractivity (Wildman–Crippen MR) is 101 cm³/mol. The third-order valence-corrected chi connectivity index (χ3v) is 4.81. The quantitative estimate of drug-likeness (QED) is 0.696. The van der Waals surface area contributed by atoms with Crippen molar-refractivity contribution in [3.8, 4) is 0 Å². The number of amides is 3. The molecular weight excluding hydrogens is 352 g/mol. The number of hydrogen-bond acceptors (Lipinski definition) is 4. The molecule has 0 fully saturated rings. The second-order valence-electron chi connectivity index (χ2n) is 5.82. The second-order valence-corrected chi connectivity index (χ2v) is 6.85. The summed E-state index contributed by atoms with van der Waals surface area (Å²) in [5.41, 5.74) is 1.22. The van der Waals surface area contributed by atoms with E-state index in [1.54, 1.807) is 10.6 Å². The van der Waals surface area contributed by atoms with Gasteiger partial charge in [0.25, 0.3) is 0 Å². The van der Waals surface area contributed by atoms with Crippen molar-refractivity contribution >= 4 is 34.3 Å². The van der Waals surface area contributed by atoms with Crippen LogP contribution in [0.25, 0.3) is 11.0 Å². The first-order valence-electron chi connectivity index (χ1n) is 8.38. The summed E-state index contributed by atoms with van der Waals surface area (Å²) >= 11 is 1.52. The monoisotopic (exact) mass is 372 g/mol. The highest BCUT2D eigenvalue weighted by Gasteiger charge is 2.16. The zero-order chi connectivity index (χ0) is 18.5. The molecule has 0 bridgehead atoms. The summed E-state index contributed by atoms with van der Waals surface area (Å²) in [6.07, 6.45) is 0.811. The molecule has 0 unspecified atom stereocenters. The lowest BCUT2D eigenvalue weighted by atomic mass is 10.3. The maximum Gasteiger partial charge on any atom is 0.329 e. The molecule has 26 heavy (non-hydrogen) atoms. The number of nitrogens with zero attached hydrogens (tertiary/aromatic N) is 2. The number of rotatable bonds is 6. The molecule has 0 aliphatic heterocycles. The van der Waals surface area contributed by atoms with E-state index < -0.39 is 11.9 Å². The molecule has 3 aromatic rings. The molecule has 0 atom stereocenters. The van der Waals surface area contributed by atoms with Crippen LogP contribution in [0.1, 0.15) is 18.2 Å². The van der Waals surface area contributed by atoms with Crippen LogP contribution in [-0.4, -0.2) is 21.1 Å². The summed E-state index contributed by atoms with van der Waals surface area (Å²) in [6.45, 7) is 2.72. The number of hydrogen-bond donors (Lipinski definition) is 2. The van der Waals surface area contributed by atoms with Gasteiger partial charge in [0.2, 0.25) is 5.91 Å². The summed E-state index contributed by atoms with van der Waals surface area (Å²) in [6, 6.07) is 10.5. The minimum Gasteiger partial charge on any atom is -0.333 e. The fraction of sp³-hybridized carbons (Fsp3) is 0.278. The number of para-hydroxylation sites is 2. The molecular formula is C18H20N4O3S. The van der Waals surface area contributed by atoms with Crippen molar-refractivity contribution in [2.75, 3.05) is 0 Å². The summed E-state index contributed by atoms with van der Waals surface area (Å²) in [5, 5.41) is 6.81. The number of carbonyl (C=O) groups is 2. The molecule has 0 radical (unpaired) electrons. The van der Waals surface area contributed by atoms with E-state index in [4.69, 9.17) is 0 Å². The highest BCUT2D eigenvalue weighted by molar-refractivity contribution is 7.09. The van der Waals surface area contributed by atoms with Gasteiger partial charge in [-0.1, -0.05) is 25.1 Å². The zero-order valence-electron chi connectivity index (χ0n) is 14.4. The summed E-state index contributed by atoms with van der Waals surface area (Å²) in [7, 11) is 0. The van der Waals surface area contributed by atoms with Crippen molar-refractivity contribution in [2.24, 2.45) is 0 Å². The topological polar surface area (TPSA) is 85.1 Å². The Kier molecular flexibility index (Phi) is 5.52. The fourth-order valence-corrected chi connectivity index (χ4v) is 3.44. The minimum absolute atomic E-state index is 0.206. The van der Waals surface area contributed by atoms with Gasteiger partial charge in [0.15, 0.2) is 0 Å². The highest BCUT2D eigenvalue weighted by Crippen LogP contribution is 2.13. The SMILES string of the molecule is CCCn1c(=O)n(CC(=O)NC(=O)NCc2cccs2)c2ccccc21. The van der Waals surface area contributed by atoms with Crippen LogP contribution in [0.15, 0.2) is 46.6 Å². The van der Waals surface area contributed by atoms with Crippen LogP contribution >= 0.6 is 11.3 Å². The first-order valence-corrected chi connectivity index (χ1v) is 9.26. The van der Waals surface area contributed by atoms with Crippen LogP contribution in [0.2, 0.25) is 0 Å². The number of urea groups is 1. The third kappa shape index (κ3) is 3.85. The summed E-state index contributed by atoms with van der Waals surface area (Å²) < 4.78 is 3.05. The Morgan fingerprint density at radius 2 is 1.81 bits per heavy atom. The smallest absolute Gasteiger partial charge is 0.329 e. The van der Waals surface area contributed by atoms with Crippen molar-refractivity contribution in [1.29, 1.82) is 0 Å². The molecule has 1 aromatic carbocycles. The molecule has 0 saturated heterocycles. The first-order chi connectivity index (χ1) is 12.6. The number of fused-ring (bicyclic) bond motifs is 1. The van der Waals surface area contributed by atoms with E-state index in [-0.39, 0.29) is 12.2 Å². The van der Waals surface area contributed by atoms with Crippen molar-refractivity contribution in [3.05, 3.63) is 57.1 Å². The van der Waals surface area contributed by atoms with Gasteiger partial charge in [0, 0.05) is 11.4 Å². The van der Waals surface area contributed by atoms with Crippen molar-refractivity contribution in [1.82, 2.24) is 19.8 Å². The fourth-order valence-electron chi connectivity index (χ4n) is 2.80. The van der Waals surface area contributed by atoms with Crippen LogP contribution in [-0.2, 0) is 24.4 Å². The molecule has 0 spiro atoms. The Hall–Kier alpha value is -2.87. The Balaban J connectivity index is 1.70. The molecule has 2 N–H and O–H groups in total. The molecule has 3 rings (SSSR count). The van der Waals surface area contributed by atoms with Gasteiger partial charge in [-0.25, -0.2) is 9.59 Å². The third-order valence-electron chi connectivity index (χ3n) is 3.93. The molecule has 0 saturated carbocycles. The molecule has 2 heterocycles. The largest absolute Gasteiger partial charge is 0.333 e. The van der Waals surface area contributed by atoms with Crippen molar-refractivity contribution < 1.29 is 9.59 Å². The molecule has 8 heteroatoms. The van der Waals surface area contributed by atoms with Crippen molar-refractivity contribution in [2.45, 2.75) is 33.0 Å². The normalized spacial score (nSPS) is 10.8. The second kappa shape index (κ2) is 8.01. The van der Waals surface area contributed by atoms with Gasteiger partial charge in [0.1, 0.15) is 6.54 Å². The van der Waals surface area contributed by atoms with Gasteiger partial charge in [0.05, 0.1) is 17.6 Å². The minimum atomic E-state index is -0.575. The summed E-state index contributed by atoms with van der Waals surface area (Å²) in [5.74, 6) is -0.532. The number of imide groups is 1. The van der Waals surface area contributed by atoms with Gasteiger partial charge in [-0.05, 0) is 30.0 Å². The molecule has 7 nitrogen and oxygen atoms in total. The van der Waals surface area contributed by atoms with Gasteiger partial charge in [-0.15, -0.1) is 11.3 Å². The molecule has 136 valence electrons. The zero-order valence-corrected chi connectivity index (χ0v) is 15.2. The first kappa shape index (κ1) is 17.9. The van der Waals surface area contributed by atoms with Gasteiger partial charge < -0.3 is 5.32 Å². The summed E-state index contributed by atoms with van der Waals surface area (Å²) in [4.78, 5) is 37.7. The van der Waals surface area contributed by atoms with Gasteiger partial charge >= 0.3 is 11.7 Å². The Morgan fingerprint density at radius 3 is 2.46 bits per heavy atom. The highest BCUT2D eigenvalue weighted by atomic mass is 32.1. The Bertz CT molecular complexity index is 972. The number of imidazole rings is 1. The lowest BCUT2D eigenvalue weighted by Crippen LogP contribution is -2.41. The van der Waals surface area contributed by atoms with Crippen LogP contribution < -0.4 is 16.3 Å². The van der Waals surface area contributed by atoms with Crippen LogP contribution in [0.4, 0.5) is 4.79 Å². The van der Waals surface area contributed by atoms with Crippen LogP contribution in [0.3, 0.4) is 0 Å². The van der Waals surface area contributed by atoms with Crippen LogP contribution in [0.5, 0.6) is 0 Å². The number of benzene rings is 1. The van der Waals surface area contributed by atoms with E-state index >= 15 is 0 Å². The van der Waals surface area contributed by atoms with E-state index in [0.29, 0.717) is 18.6 Å². The number of thiophene rings is 1. The lowest BCUT2D eigenvalue weighted by Gasteiger charge is -2.06. The van der Waals surface area contributed by atoms with E-state index in [9.17, 15) is 14.4 Å². The number of aromatic nitrogens is 2. The molecule has 0 aliphatic rings. The average molecular weight is 372 g/mol. The van der Waals surface area contributed by atoms with E-state index in [2.05, 4.69) is 10.6 Å². The number of nitrogens with one attached hydrogen (secondary N) is 2. The van der Waals surface area contributed by atoms with Crippen molar-refractivity contribution in [3.63, 3.8) is 0 Å². The molecule has 3 amide bonds. The van der Waals surface area contributed by atoms with E-state index in [1.165, 1.54) is 15.9 Å². The maximum absolute atomic E-state index is 12.6. The van der Waals surface area contributed by atoms with Crippen LogP contribution in [0, 0.1) is 0 Å². The standard InChI is InChI=1S/C18H20N4O3S/c1-2-9-21-14-7-3-4-8-15(14)22(18(21)25)12-16(23)20-17(24)19-11-13-6-5-10-26-13/h3-8,10H,2,9,11-12H2,1H3,(H2,19,20,23,24). The lowest BCUT2D eigenvalue weighted by molar-refractivity contribution is -0.120. The number of carbonyl (C=O) groups excluding carboxylic acids is 2. The van der Waals surface area contributed by atoms with E-state index in [0.717, 1.165) is 16.8 Å². The Labute approximate surface area is 154 Å². The molecule has 2 aromatic heterocycles. The van der Waals surface area contributed by atoms with Gasteiger partial charge in [-0.2, -0.15) is 0 Å². The van der Waals surface area contributed by atoms with Gasteiger partial charge in [-0.3, -0.25) is 19.2 Å². The average Bonchev–Trinajstić information content (AvgIpc) is 3.23. The maximum atomic E-state index is 12.6. The number of aryl methyl sites for hydroxylation is 1.